The van der Waals surface area contributed by atoms with E-state index < -0.39 is 0 Å². The normalized spacial score (nSPS) is 18.4. The third-order valence-corrected chi connectivity index (χ3v) is 3.56. The number of anilines is 1. The predicted molar refractivity (Wildman–Crippen MR) is 65.2 cm³/mol. The zero-order valence-electron chi connectivity index (χ0n) is 9.28. The van der Waals surface area contributed by atoms with Crippen molar-refractivity contribution >= 4 is 29.0 Å². The summed E-state index contributed by atoms with van der Waals surface area (Å²) in [7, 11) is 0. The Hall–Kier alpha value is -1.35. The monoisotopic (exact) mass is 249 g/mol. The van der Waals surface area contributed by atoms with E-state index in [-0.39, 0.29) is 24.2 Å². The molecule has 0 saturated heterocycles. The number of amides is 1. The van der Waals surface area contributed by atoms with Crippen LogP contribution in [0, 0.1) is 5.92 Å². The molecule has 1 amide bonds. The molecule has 0 bridgehead atoms. The van der Waals surface area contributed by atoms with Gasteiger partial charge in [-0.05, 0) is 30.5 Å². The minimum atomic E-state index is -0.00346. The lowest BCUT2D eigenvalue weighted by atomic mass is 10.2. The maximum absolute atomic E-state index is 11.9. The van der Waals surface area contributed by atoms with Crippen LogP contribution < -0.4 is 4.90 Å². The fraction of sp³-hybridized carbons (Fsp3) is 0.385. The van der Waals surface area contributed by atoms with E-state index in [1.54, 1.807) is 17.0 Å². The molecule has 17 heavy (non-hydrogen) atoms. The maximum Gasteiger partial charge on any atom is 0.231 e. The Kier molecular flexibility index (Phi) is 2.44. The lowest BCUT2D eigenvalue weighted by molar-refractivity contribution is -0.122. The zero-order valence-corrected chi connectivity index (χ0v) is 10.0. The number of carbonyl (C=O) groups excluding carboxylic acids is 2. The third kappa shape index (κ3) is 1.95. The smallest absolute Gasteiger partial charge is 0.231 e. The third-order valence-electron chi connectivity index (χ3n) is 3.33. The molecular weight excluding hydrogens is 238 g/mol. The van der Waals surface area contributed by atoms with E-state index in [0.29, 0.717) is 11.4 Å². The second kappa shape index (κ2) is 3.84. The van der Waals surface area contributed by atoms with Crippen molar-refractivity contribution in [3.63, 3.8) is 0 Å². The van der Waals surface area contributed by atoms with Crippen LogP contribution in [0.2, 0.25) is 5.02 Å². The minimum Gasteiger partial charge on any atom is -0.304 e. The SMILES string of the molecule is O=C(CN1C(=O)Cc2ccc(Cl)cc21)C1CC1. The predicted octanol–water partition coefficient (Wildman–Crippen LogP) is 2.21. The highest BCUT2D eigenvalue weighted by molar-refractivity contribution is 6.31. The summed E-state index contributed by atoms with van der Waals surface area (Å²) >= 11 is 5.92. The second-order valence-electron chi connectivity index (χ2n) is 4.67. The van der Waals surface area contributed by atoms with E-state index in [9.17, 15) is 9.59 Å². The van der Waals surface area contributed by atoms with E-state index in [2.05, 4.69) is 0 Å². The molecule has 1 aliphatic carbocycles. The Morgan fingerprint density at radius 2 is 2.18 bits per heavy atom. The van der Waals surface area contributed by atoms with Crippen molar-refractivity contribution in [1.29, 1.82) is 0 Å². The summed E-state index contributed by atoms with van der Waals surface area (Å²) in [6.07, 6.45) is 2.33. The van der Waals surface area contributed by atoms with Crippen LogP contribution in [-0.2, 0) is 16.0 Å². The molecule has 1 saturated carbocycles. The van der Waals surface area contributed by atoms with E-state index in [1.165, 1.54) is 0 Å². The molecule has 0 N–H and O–H groups in total. The molecule has 0 aromatic heterocycles. The summed E-state index contributed by atoms with van der Waals surface area (Å²) in [6.45, 7) is 0.205. The molecule has 4 heteroatoms. The first-order valence-corrected chi connectivity index (χ1v) is 6.14. The molecule has 1 fully saturated rings. The molecule has 1 aliphatic heterocycles. The first-order chi connectivity index (χ1) is 8.15. The highest BCUT2D eigenvalue weighted by atomic mass is 35.5. The first-order valence-electron chi connectivity index (χ1n) is 5.76. The molecule has 1 aromatic rings. The largest absolute Gasteiger partial charge is 0.304 e. The van der Waals surface area contributed by atoms with Gasteiger partial charge in [0.1, 0.15) is 0 Å². The van der Waals surface area contributed by atoms with Gasteiger partial charge in [-0.3, -0.25) is 9.59 Å². The van der Waals surface area contributed by atoms with Crippen LogP contribution in [0.3, 0.4) is 0 Å². The number of rotatable bonds is 3. The Morgan fingerprint density at radius 1 is 1.41 bits per heavy atom. The van der Waals surface area contributed by atoms with E-state index in [0.717, 1.165) is 24.1 Å². The van der Waals surface area contributed by atoms with Gasteiger partial charge in [-0.1, -0.05) is 17.7 Å². The average Bonchev–Trinajstić information content (AvgIpc) is 3.08. The van der Waals surface area contributed by atoms with Crippen LogP contribution in [0.5, 0.6) is 0 Å². The number of Topliss-reactive ketones (excluding diaryl/α,β-unsaturated/α-hetero) is 1. The van der Waals surface area contributed by atoms with Crippen LogP contribution in [0.4, 0.5) is 5.69 Å². The Bertz CT molecular complexity index is 508. The Labute approximate surface area is 104 Å². The molecule has 3 rings (SSSR count). The van der Waals surface area contributed by atoms with Crippen molar-refractivity contribution in [3.05, 3.63) is 28.8 Å². The van der Waals surface area contributed by atoms with Crippen LogP contribution in [0.25, 0.3) is 0 Å². The Morgan fingerprint density at radius 3 is 2.88 bits per heavy atom. The number of fused-ring (bicyclic) bond motifs is 1. The number of nitrogens with zero attached hydrogens (tertiary/aromatic N) is 1. The maximum atomic E-state index is 11.9. The molecule has 0 atom stereocenters. The molecule has 1 heterocycles. The summed E-state index contributed by atoms with van der Waals surface area (Å²) in [5, 5.41) is 0.599. The molecule has 3 nitrogen and oxygen atoms in total. The quantitative estimate of drug-likeness (QED) is 0.824. The number of halogens is 1. The standard InChI is InChI=1S/C13H12ClNO2/c14-10-4-3-9-5-13(17)15(11(9)6-10)7-12(16)8-1-2-8/h3-4,6,8H,1-2,5,7H2. The summed E-state index contributed by atoms with van der Waals surface area (Å²) < 4.78 is 0. The number of hydrogen-bond donors (Lipinski definition) is 0. The van der Waals surface area contributed by atoms with Crippen molar-refractivity contribution in [2.24, 2.45) is 5.92 Å². The van der Waals surface area contributed by atoms with Gasteiger partial charge in [0, 0.05) is 16.6 Å². The topological polar surface area (TPSA) is 37.4 Å². The van der Waals surface area contributed by atoms with E-state index in [1.807, 2.05) is 6.07 Å². The van der Waals surface area contributed by atoms with Crippen molar-refractivity contribution in [1.82, 2.24) is 0 Å². The second-order valence-corrected chi connectivity index (χ2v) is 5.11. The summed E-state index contributed by atoms with van der Waals surface area (Å²) in [5.74, 6) is 0.355. The molecule has 2 aliphatic rings. The number of hydrogen-bond acceptors (Lipinski definition) is 2. The fourth-order valence-electron chi connectivity index (χ4n) is 2.19. The molecular formula is C13H12ClNO2. The average molecular weight is 250 g/mol. The van der Waals surface area contributed by atoms with Gasteiger partial charge < -0.3 is 4.90 Å². The van der Waals surface area contributed by atoms with Gasteiger partial charge in [0.15, 0.2) is 5.78 Å². The number of benzene rings is 1. The molecule has 1 aromatic carbocycles. The summed E-state index contributed by atoms with van der Waals surface area (Å²) in [4.78, 5) is 25.2. The van der Waals surface area contributed by atoms with Crippen LogP contribution in [0.1, 0.15) is 18.4 Å². The van der Waals surface area contributed by atoms with E-state index in [4.69, 9.17) is 11.6 Å². The van der Waals surface area contributed by atoms with Crippen LogP contribution >= 0.6 is 11.6 Å². The van der Waals surface area contributed by atoms with Crippen molar-refractivity contribution in [2.45, 2.75) is 19.3 Å². The van der Waals surface area contributed by atoms with Gasteiger partial charge in [-0.15, -0.1) is 0 Å². The van der Waals surface area contributed by atoms with Crippen LogP contribution in [-0.4, -0.2) is 18.2 Å². The lowest BCUT2D eigenvalue weighted by Gasteiger charge is -2.16. The number of carbonyl (C=O) groups is 2. The lowest BCUT2D eigenvalue weighted by Crippen LogP contribution is -2.33. The van der Waals surface area contributed by atoms with Gasteiger partial charge in [0.2, 0.25) is 5.91 Å². The summed E-state index contributed by atoms with van der Waals surface area (Å²) in [5.41, 5.74) is 1.76. The first kappa shape index (κ1) is 10.8. The molecule has 0 radical (unpaired) electrons. The Balaban J connectivity index is 1.87. The fourth-order valence-corrected chi connectivity index (χ4v) is 2.36. The molecule has 88 valence electrons. The highest BCUT2D eigenvalue weighted by Gasteiger charge is 2.34. The van der Waals surface area contributed by atoms with Crippen molar-refractivity contribution in [3.8, 4) is 0 Å². The van der Waals surface area contributed by atoms with Gasteiger partial charge in [0.25, 0.3) is 0 Å². The van der Waals surface area contributed by atoms with Crippen LogP contribution in [0.15, 0.2) is 18.2 Å². The van der Waals surface area contributed by atoms with Crippen molar-refractivity contribution < 1.29 is 9.59 Å². The van der Waals surface area contributed by atoms with E-state index >= 15 is 0 Å². The van der Waals surface area contributed by atoms with Gasteiger partial charge in [-0.25, -0.2) is 0 Å². The minimum absolute atomic E-state index is 0.00346. The number of ketones is 1. The molecule has 0 unspecified atom stereocenters. The molecule has 0 spiro atoms. The summed E-state index contributed by atoms with van der Waals surface area (Å²) in [6, 6.07) is 5.40. The highest BCUT2D eigenvalue weighted by Crippen LogP contribution is 2.34. The van der Waals surface area contributed by atoms with Gasteiger partial charge in [-0.2, -0.15) is 0 Å². The van der Waals surface area contributed by atoms with Gasteiger partial charge in [0.05, 0.1) is 13.0 Å². The van der Waals surface area contributed by atoms with Crippen molar-refractivity contribution in [2.75, 3.05) is 11.4 Å². The zero-order chi connectivity index (χ0) is 12.0. The van der Waals surface area contributed by atoms with Gasteiger partial charge >= 0.3 is 0 Å².